The summed E-state index contributed by atoms with van der Waals surface area (Å²) in [7, 11) is 0. The van der Waals surface area contributed by atoms with E-state index in [9.17, 15) is 0 Å². The highest BCUT2D eigenvalue weighted by atomic mass is 14.2. The minimum absolute atomic E-state index is 1.05. The molecule has 0 aromatic heterocycles. The van der Waals surface area contributed by atoms with Crippen molar-refractivity contribution in [1.82, 2.24) is 0 Å². The van der Waals surface area contributed by atoms with E-state index in [1.807, 2.05) is 0 Å². The lowest BCUT2D eigenvalue weighted by Gasteiger charge is -2.20. The first-order valence-corrected chi connectivity index (χ1v) is 4.75. The van der Waals surface area contributed by atoms with E-state index >= 15 is 0 Å². The summed E-state index contributed by atoms with van der Waals surface area (Å²) >= 11 is 0. The molecule has 0 aromatic rings. The van der Waals surface area contributed by atoms with Crippen molar-refractivity contribution in [3.63, 3.8) is 0 Å². The molecule has 59 valence electrons. The molecule has 0 aromatic carbocycles. The van der Waals surface area contributed by atoms with E-state index in [1.54, 1.807) is 0 Å². The second-order valence-corrected chi connectivity index (χ2v) is 3.44. The summed E-state index contributed by atoms with van der Waals surface area (Å²) in [6.07, 6.45) is 12.5. The standard InChI is InChI=1S/C10H19/c1-2-3-7-10-8-5-4-6-9-10/h3,10H,2,4-9H2,1H3. The molecule has 0 N–H and O–H groups in total. The summed E-state index contributed by atoms with van der Waals surface area (Å²) in [5, 5.41) is 0. The van der Waals surface area contributed by atoms with Crippen molar-refractivity contribution >= 4 is 0 Å². The normalized spacial score (nSPS) is 21.3. The highest BCUT2D eigenvalue weighted by Gasteiger charge is 2.11. The molecule has 1 fully saturated rings. The van der Waals surface area contributed by atoms with Crippen LogP contribution in [0.5, 0.6) is 0 Å². The molecule has 0 unspecified atom stereocenters. The van der Waals surface area contributed by atoms with Crippen LogP contribution in [0.2, 0.25) is 0 Å². The Labute approximate surface area is 65.0 Å². The summed E-state index contributed by atoms with van der Waals surface area (Å²) in [4.78, 5) is 0. The summed E-state index contributed by atoms with van der Waals surface area (Å²) in [6.45, 7) is 2.24. The minimum Gasteiger partial charge on any atom is -0.0651 e. The fourth-order valence-electron chi connectivity index (χ4n) is 1.83. The lowest BCUT2D eigenvalue weighted by molar-refractivity contribution is 0.352. The van der Waals surface area contributed by atoms with Crippen molar-refractivity contribution in [2.45, 2.75) is 51.9 Å². The Balaban J connectivity index is 2.02. The SMILES string of the molecule is CC[CH]CC1CCCCC1. The second kappa shape index (κ2) is 4.76. The molecule has 1 saturated carbocycles. The van der Waals surface area contributed by atoms with Gasteiger partial charge < -0.3 is 0 Å². The topological polar surface area (TPSA) is 0 Å². The van der Waals surface area contributed by atoms with Crippen molar-refractivity contribution in [2.75, 3.05) is 0 Å². The zero-order valence-corrected chi connectivity index (χ0v) is 7.10. The monoisotopic (exact) mass is 139 g/mol. The molecule has 0 amide bonds. The Kier molecular flexibility index (Phi) is 3.86. The molecule has 0 atom stereocenters. The zero-order valence-electron chi connectivity index (χ0n) is 7.10. The van der Waals surface area contributed by atoms with Gasteiger partial charge in [-0.3, -0.25) is 0 Å². The van der Waals surface area contributed by atoms with E-state index in [4.69, 9.17) is 0 Å². The van der Waals surface area contributed by atoms with Crippen molar-refractivity contribution < 1.29 is 0 Å². The van der Waals surface area contributed by atoms with Crippen molar-refractivity contribution in [3.8, 4) is 0 Å². The number of unbranched alkanes of at least 4 members (excludes halogenated alkanes) is 1. The average molecular weight is 139 g/mol. The van der Waals surface area contributed by atoms with Gasteiger partial charge in [0.15, 0.2) is 0 Å². The van der Waals surface area contributed by atoms with Crippen LogP contribution in [0.1, 0.15) is 51.9 Å². The number of rotatable bonds is 3. The van der Waals surface area contributed by atoms with E-state index in [2.05, 4.69) is 13.3 Å². The molecule has 1 aliphatic rings. The summed E-state index contributed by atoms with van der Waals surface area (Å²) in [5.41, 5.74) is 0. The molecule has 1 radical (unpaired) electrons. The first kappa shape index (κ1) is 8.10. The van der Waals surface area contributed by atoms with Gasteiger partial charge in [-0.05, 0) is 18.8 Å². The third kappa shape index (κ3) is 2.72. The van der Waals surface area contributed by atoms with Crippen molar-refractivity contribution in [3.05, 3.63) is 6.42 Å². The van der Waals surface area contributed by atoms with E-state index in [1.165, 1.54) is 44.9 Å². The fraction of sp³-hybridized carbons (Fsp3) is 0.900. The first-order chi connectivity index (χ1) is 4.93. The molecule has 1 rings (SSSR count). The van der Waals surface area contributed by atoms with Crippen LogP contribution >= 0.6 is 0 Å². The predicted octanol–water partition coefficient (Wildman–Crippen LogP) is 3.57. The van der Waals surface area contributed by atoms with Crippen LogP contribution in [0.4, 0.5) is 0 Å². The highest BCUT2D eigenvalue weighted by molar-refractivity contribution is 4.72. The number of hydrogen-bond donors (Lipinski definition) is 0. The van der Waals surface area contributed by atoms with Gasteiger partial charge in [0.25, 0.3) is 0 Å². The molecular weight excluding hydrogens is 120 g/mol. The average Bonchev–Trinajstić information content (AvgIpc) is 2.03. The second-order valence-electron chi connectivity index (χ2n) is 3.44. The van der Waals surface area contributed by atoms with Gasteiger partial charge >= 0.3 is 0 Å². The molecule has 1 aliphatic carbocycles. The largest absolute Gasteiger partial charge is 0.0651 e. The molecule has 0 saturated heterocycles. The molecule has 0 heteroatoms. The Morgan fingerprint density at radius 2 is 1.90 bits per heavy atom. The summed E-state index contributed by atoms with van der Waals surface area (Å²) in [6, 6.07) is 0. The lowest BCUT2D eigenvalue weighted by atomic mass is 9.86. The summed E-state index contributed by atoms with van der Waals surface area (Å²) in [5.74, 6) is 1.05. The van der Waals surface area contributed by atoms with Gasteiger partial charge in [0, 0.05) is 0 Å². The molecule has 0 heterocycles. The predicted molar refractivity (Wildman–Crippen MR) is 45.8 cm³/mol. The third-order valence-electron chi connectivity index (χ3n) is 2.51. The highest BCUT2D eigenvalue weighted by Crippen LogP contribution is 2.27. The van der Waals surface area contributed by atoms with Crippen LogP contribution in [0.25, 0.3) is 0 Å². The smallest absolute Gasteiger partial charge is 0.0386 e. The van der Waals surface area contributed by atoms with E-state index in [0.29, 0.717) is 0 Å². The Hall–Kier alpha value is 0. The van der Waals surface area contributed by atoms with Gasteiger partial charge in [0.2, 0.25) is 0 Å². The van der Waals surface area contributed by atoms with Crippen molar-refractivity contribution in [1.29, 1.82) is 0 Å². The maximum atomic E-state index is 2.44. The van der Waals surface area contributed by atoms with Gasteiger partial charge in [0.1, 0.15) is 0 Å². The Bertz CT molecular complexity index is 70.1. The number of hydrogen-bond acceptors (Lipinski definition) is 0. The molecule has 0 nitrogen and oxygen atoms in total. The van der Waals surface area contributed by atoms with Gasteiger partial charge in [-0.25, -0.2) is 0 Å². The molecular formula is C10H19. The lowest BCUT2D eigenvalue weighted by Crippen LogP contribution is -2.05. The fourth-order valence-corrected chi connectivity index (χ4v) is 1.83. The van der Waals surface area contributed by atoms with Gasteiger partial charge in [0.05, 0.1) is 0 Å². The van der Waals surface area contributed by atoms with Gasteiger partial charge in [-0.1, -0.05) is 45.4 Å². The Morgan fingerprint density at radius 1 is 1.20 bits per heavy atom. The van der Waals surface area contributed by atoms with E-state index in [-0.39, 0.29) is 0 Å². The van der Waals surface area contributed by atoms with E-state index in [0.717, 1.165) is 5.92 Å². The van der Waals surface area contributed by atoms with Crippen LogP contribution < -0.4 is 0 Å². The Morgan fingerprint density at radius 3 is 2.50 bits per heavy atom. The molecule has 0 aliphatic heterocycles. The van der Waals surface area contributed by atoms with Crippen LogP contribution in [0.15, 0.2) is 0 Å². The van der Waals surface area contributed by atoms with E-state index < -0.39 is 0 Å². The third-order valence-corrected chi connectivity index (χ3v) is 2.51. The summed E-state index contributed by atoms with van der Waals surface area (Å²) < 4.78 is 0. The zero-order chi connectivity index (χ0) is 7.23. The molecule has 0 bridgehead atoms. The van der Waals surface area contributed by atoms with Crippen LogP contribution in [0, 0.1) is 12.3 Å². The molecule has 10 heavy (non-hydrogen) atoms. The van der Waals surface area contributed by atoms with Crippen LogP contribution in [-0.2, 0) is 0 Å². The molecule has 0 spiro atoms. The first-order valence-electron chi connectivity index (χ1n) is 4.75. The van der Waals surface area contributed by atoms with Crippen molar-refractivity contribution in [2.24, 2.45) is 5.92 Å². The van der Waals surface area contributed by atoms with Gasteiger partial charge in [-0.2, -0.15) is 0 Å². The maximum Gasteiger partial charge on any atom is -0.0386 e. The van der Waals surface area contributed by atoms with Crippen LogP contribution in [0.3, 0.4) is 0 Å². The van der Waals surface area contributed by atoms with Crippen LogP contribution in [-0.4, -0.2) is 0 Å². The maximum absolute atomic E-state index is 2.44. The quantitative estimate of drug-likeness (QED) is 0.560. The minimum atomic E-state index is 1.05. The van der Waals surface area contributed by atoms with Gasteiger partial charge in [-0.15, -0.1) is 0 Å².